The molecule has 76 valence electrons. The summed E-state index contributed by atoms with van der Waals surface area (Å²) in [5.41, 5.74) is 0. The standard InChI is InChI=1S/C8H10N2O4/c1-13-7(11)9-4-2-3-5-6(4)10-8(12)14-5/h2-6H,1H3,(H,9,11)(H,10,12)/t4-,5-,6+/m0/s1. The Hall–Kier alpha value is -1.72. The quantitative estimate of drug-likeness (QED) is 0.570. The summed E-state index contributed by atoms with van der Waals surface area (Å²) in [4.78, 5) is 21.8. The van der Waals surface area contributed by atoms with E-state index in [0.717, 1.165) is 0 Å². The van der Waals surface area contributed by atoms with Crippen LogP contribution < -0.4 is 10.6 Å². The summed E-state index contributed by atoms with van der Waals surface area (Å²) in [6.45, 7) is 0. The van der Waals surface area contributed by atoms with Gasteiger partial charge in [0.05, 0.1) is 19.2 Å². The Bertz CT molecular complexity index is 302. The smallest absolute Gasteiger partial charge is 0.408 e. The molecule has 0 aromatic heterocycles. The van der Waals surface area contributed by atoms with Gasteiger partial charge >= 0.3 is 12.2 Å². The number of hydrogen-bond donors (Lipinski definition) is 2. The first-order valence-electron chi connectivity index (χ1n) is 4.20. The molecule has 2 N–H and O–H groups in total. The summed E-state index contributed by atoms with van der Waals surface area (Å²) in [6, 6.07) is -0.486. The average Bonchev–Trinajstić information content (AvgIpc) is 2.67. The Morgan fingerprint density at radius 1 is 1.64 bits per heavy atom. The zero-order valence-corrected chi connectivity index (χ0v) is 7.52. The van der Waals surface area contributed by atoms with Crippen LogP contribution in [0.4, 0.5) is 9.59 Å². The van der Waals surface area contributed by atoms with Gasteiger partial charge in [-0.25, -0.2) is 9.59 Å². The van der Waals surface area contributed by atoms with Crippen molar-refractivity contribution in [3.63, 3.8) is 0 Å². The lowest BCUT2D eigenvalue weighted by molar-refractivity contribution is 0.152. The molecule has 1 saturated heterocycles. The molecular formula is C8H10N2O4. The molecule has 6 heteroatoms. The highest BCUT2D eigenvalue weighted by molar-refractivity contribution is 5.73. The minimum atomic E-state index is -0.526. The number of alkyl carbamates (subject to hydrolysis) is 2. The second-order valence-corrected chi connectivity index (χ2v) is 3.09. The molecule has 1 aliphatic heterocycles. The van der Waals surface area contributed by atoms with Crippen LogP contribution in [0.2, 0.25) is 0 Å². The number of nitrogens with one attached hydrogen (secondary N) is 2. The minimum absolute atomic E-state index is 0.221. The van der Waals surface area contributed by atoms with E-state index in [-0.39, 0.29) is 18.2 Å². The lowest BCUT2D eigenvalue weighted by Crippen LogP contribution is -2.47. The van der Waals surface area contributed by atoms with Crippen LogP contribution in [0.15, 0.2) is 12.2 Å². The fraction of sp³-hybridized carbons (Fsp3) is 0.500. The summed E-state index contributed by atoms with van der Waals surface area (Å²) in [5.74, 6) is 0. The van der Waals surface area contributed by atoms with Crippen LogP contribution in [0.5, 0.6) is 0 Å². The van der Waals surface area contributed by atoms with Crippen LogP contribution in [0.25, 0.3) is 0 Å². The first kappa shape index (κ1) is 8.86. The van der Waals surface area contributed by atoms with Gasteiger partial charge in [0.15, 0.2) is 0 Å². The molecule has 14 heavy (non-hydrogen) atoms. The third-order valence-electron chi connectivity index (χ3n) is 2.25. The first-order valence-corrected chi connectivity index (χ1v) is 4.20. The molecule has 0 unspecified atom stereocenters. The molecule has 2 amide bonds. The van der Waals surface area contributed by atoms with Crippen LogP contribution >= 0.6 is 0 Å². The first-order chi connectivity index (χ1) is 6.70. The van der Waals surface area contributed by atoms with E-state index in [1.54, 1.807) is 12.2 Å². The zero-order chi connectivity index (χ0) is 10.1. The van der Waals surface area contributed by atoms with Gasteiger partial charge in [-0.1, -0.05) is 6.08 Å². The van der Waals surface area contributed by atoms with E-state index in [9.17, 15) is 9.59 Å². The molecular weight excluding hydrogens is 188 g/mol. The zero-order valence-electron chi connectivity index (χ0n) is 7.52. The van der Waals surface area contributed by atoms with E-state index in [1.807, 2.05) is 0 Å². The Morgan fingerprint density at radius 3 is 3.14 bits per heavy atom. The lowest BCUT2D eigenvalue weighted by atomic mass is 10.1. The van der Waals surface area contributed by atoms with Gasteiger partial charge in [-0.15, -0.1) is 0 Å². The monoisotopic (exact) mass is 198 g/mol. The Morgan fingerprint density at radius 2 is 2.43 bits per heavy atom. The second kappa shape index (κ2) is 3.21. The Labute approximate surface area is 80.2 Å². The third-order valence-corrected chi connectivity index (χ3v) is 2.25. The molecule has 2 rings (SSSR count). The predicted octanol–water partition coefficient (Wildman–Crippen LogP) is -0.242. The summed E-state index contributed by atoms with van der Waals surface area (Å²) in [6.07, 6.45) is 2.24. The number of fused-ring (bicyclic) bond motifs is 1. The Kier molecular flexibility index (Phi) is 2.03. The largest absolute Gasteiger partial charge is 0.453 e. The maximum Gasteiger partial charge on any atom is 0.408 e. The normalized spacial score (nSPS) is 33.2. The van der Waals surface area contributed by atoms with E-state index >= 15 is 0 Å². The van der Waals surface area contributed by atoms with E-state index in [1.165, 1.54) is 7.11 Å². The van der Waals surface area contributed by atoms with Crippen molar-refractivity contribution in [3.05, 3.63) is 12.2 Å². The van der Waals surface area contributed by atoms with E-state index in [0.29, 0.717) is 0 Å². The minimum Gasteiger partial charge on any atom is -0.453 e. The SMILES string of the molecule is COC(=O)N[C@H]1C=C[C@@H]2OC(=O)N[C@H]12. The fourth-order valence-corrected chi connectivity index (χ4v) is 1.58. The Balaban J connectivity index is 1.99. The van der Waals surface area contributed by atoms with Gasteiger partial charge in [-0.05, 0) is 6.08 Å². The van der Waals surface area contributed by atoms with Crippen molar-refractivity contribution in [2.75, 3.05) is 7.11 Å². The summed E-state index contributed by atoms with van der Waals surface area (Å²) in [7, 11) is 1.29. The summed E-state index contributed by atoms with van der Waals surface area (Å²) in [5, 5.41) is 5.18. The summed E-state index contributed by atoms with van der Waals surface area (Å²) < 4.78 is 9.35. The van der Waals surface area contributed by atoms with Gasteiger partial charge in [0, 0.05) is 0 Å². The van der Waals surface area contributed by atoms with Crippen molar-refractivity contribution in [1.82, 2.24) is 10.6 Å². The molecule has 0 spiro atoms. The number of hydrogen-bond acceptors (Lipinski definition) is 4. The number of carbonyl (C=O) groups is 2. The third kappa shape index (κ3) is 1.39. The second-order valence-electron chi connectivity index (χ2n) is 3.09. The molecule has 0 aromatic carbocycles. The molecule has 0 radical (unpaired) electrons. The highest BCUT2D eigenvalue weighted by Crippen LogP contribution is 2.20. The van der Waals surface area contributed by atoms with Gasteiger partial charge in [0.25, 0.3) is 0 Å². The molecule has 0 saturated carbocycles. The van der Waals surface area contributed by atoms with Gasteiger partial charge in [0.2, 0.25) is 0 Å². The average molecular weight is 198 g/mol. The topological polar surface area (TPSA) is 76.7 Å². The van der Waals surface area contributed by atoms with Crippen LogP contribution in [-0.4, -0.2) is 37.5 Å². The lowest BCUT2D eigenvalue weighted by Gasteiger charge is -2.16. The highest BCUT2D eigenvalue weighted by atomic mass is 16.6. The number of amides is 2. The van der Waals surface area contributed by atoms with Gasteiger partial charge in [-0.3, -0.25) is 0 Å². The fourth-order valence-electron chi connectivity index (χ4n) is 1.58. The van der Waals surface area contributed by atoms with Gasteiger partial charge < -0.3 is 20.1 Å². The van der Waals surface area contributed by atoms with E-state index < -0.39 is 12.2 Å². The van der Waals surface area contributed by atoms with Crippen molar-refractivity contribution in [2.45, 2.75) is 18.2 Å². The summed E-state index contributed by atoms with van der Waals surface area (Å²) >= 11 is 0. The maximum absolute atomic E-state index is 10.9. The van der Waals surface area contributed by atoms with Crippen molar-refractivity contribution in [3.8, 4) is 0 Å². The van der Waals surface area contributed by atoms with Crippen LogP contribution in [0.1, 0.15) is 0 Å². The van der Waals surface area contributed by atoms with Gasteiger partial charge in [-0.2, -0.15) is 0 Å². The molecule has 0 aromatic rings. The highest BCUT2D eigenvalue weighted by Gasteiger charge is 2.41. The number of methoxy groups -OCH3 is 1. The van der Waals surface area contributed by atoms with Crippen LogP contribution in [0.3, 0.4) is 0 Å². The van der Waals surface area contributed by atoms with E-state index in [4.69, 9.17) is 4.74 Å². The van der Waals surface area contributed by atoms with Crippen molar-refractivity contribution < 1.29 is 19.1 Å². The number of rotatable bonds is 1. The molecule has 1 aliphatic carbocycles. The van der Waals surface area contributed by atoms with Crippen molar-refractivity contribution in [2.24, 2.45) is 0 Å². The van der Waals surface area contributed by atoms with Crippen molar-refractivity contribution in [1.29, 1.82) is 0 Å². The molecule has 6 nitrogen and oxygen atoms in total. The molecule has 0 bridgehead atoms. The van der Waals surface area contributed by atoms with Crippen molar-refractivity contribution >= 4 is 12.2 Å². The molecule has 2 aliphatic rings. The predicted molar refractivity (Wildman–Crippen MR) is 45.7 cm³/mol. The molecule has 1 heterocycles. The van der Waals surface area contributed by atoms with Crippen LogP contribution in [-0.2, 0) is 9.47 Å². The van der Waals surface area contributed by atoms with E-state index in [2.05, 4.69) is 15.4 Å². The molecule has 3 atom stereocenters. The molecule has 1 fully saturated rings. The van der Waals surface area contributed by atoms with Gasteiger partial charge in [0.1, 0.15) is 6.10 Å². The van der Waals surface area contributed by atoms with Crippen LogP contribution in [0, 0.1) is 0 Å². The maximum atomic E-state index is 10.9. The number of carbonyl (C=O) groups excluding carboxylic acids is 2. The number of ether oxygens (including phenoxy) is 2.